The minimum Gasteiger partial charge on any atom is -0.369 e. The summed E-state index contributed by atoms with van der Waals surface area (Å²) in [5.74, 6) is -0.161. The van der Waals surface area contributed by atoms with Crippen LogP contribution in [-0.4, -0.2) is 35.0 Å². The molecule has 1 saturated heterocycles. The van der Waals surface area contributed by atoms with Crippen LogP contribution in [-0.2, 0) is 0 Å². The monoisotopic (exact) mass is 346 g/mol. The predicted octanol–water partition coefficient (Wildman–Crippen LogP) is 2.25. The largest absolute Gasteiger partial charge is 0.369 e. The standard InChI is InChI=1S/C15H15BrN4O/c16-11-1-3-13(4-2-11)20-8-5-12(10-20)19-15(21)14-9-17-6-7-18-14/h1-4,6-7,9,12H,5,8,10H2,(H,19,21)/t12-/m0/s1. The Hall–Kier alpha value is -1.95. The average Bonchev–Trinajstić information content (AvgIpc) is 2.97. The zero-order valence-corrected chi connectivity index (χ0v) is 13.0. The van der Waals surface area contributed by atoms with E-state index in [1.54, 1.807) is 6.20 Å². The summed E-state index contributed by atoms with van der Waals surface area (Å²) in [7, 11) is 0. The molecule has 108 valence electrons. The van der Waals surface area contributed by atoms with Gasteiger partial charge in [0.15, 0.2) is 0 Å². The van der Waals surface area contributed by atoms with E-state index >= 15 is 0 Å². The van der Waals surface area contributed by atoms with Crippen molar-refractivity contribution in [3.8, 4) is 0 Å². The molecular formula is C15H15BrN4O. The van der Waals surface area contributed by atoms with Gasteiger partial charge < -0.3 is 10.2 Å². The molecule has 0 radical (unpaired) electrons. The third-order valence-electron chi connectivity index (χ3n) is 3.51. The predicted molar refractivity (Wildman–Crippen MR) is 84.3 cm³/mol. The zero-order chi connectivity index (χ0) is 14.7. The molecule has 1 aromatic heterocycles. The van der Waals surface area contributed by atoms with E-state index < -0.39 is 0 Å². The van der Waals surface area contributed by atoms with Crippen LogP contribution in [0.2, 0.25) is 0 Å². The summed E-state index contributed by atoms with van der Waals surface area (Å²) in [4.78, 5) is 22.2. The van der Waals surface area contributed by atoms with Crippen LogP contribution in [0.1, 0.15) is 16.9 Å². The number of nitrogens with one attached hydrogen (secondary N) is 1. The van der Waals surface area contributed by atoms with E-state index in [4.69, 9.17) is 0 Å². The van der Waals surface area contributed by atoms with Gasteiger partial charge in [0.1, 0.15) is 5.69 Å². The molecule has 1 aliphatic rings. The van der Waals surface area contributed by atoms with E-state index in [-0.39, 0.29) is 11.9 Å². The molecule has 3 rings (SSSR count). The number of anilines is 1. The van der Waals surface area contributed by atoms with Crippen molar-refractivity contribution in [1.82, 2.24) is 15.3 Å². The fraction of sp³-hybridized carbons (Fsp3) is 0.267. The lowest BCUT2D eigenvalue weighted by Crippen LogP contribution is -2.37. The van der Waals surface area contributed by atoms with Crippen LogP contribution in [0.3, 0.4) is 0 Å². The van der Waals surface area contributed by atoms with Gasteiger partial charge in [0.2, 0.25) is 0 Å². The van der Waals surface area contributed by atoms with Gasteiger partial charge >= 0.3 is 0 Å². The summed E-state index contributed by atoms with van der Waals surface area (Å²) in [5.41, 5.74) is 1.54. The Kier molecular flexibility index (Phi) is 4.15. The van der Waals surface area contributed by atoms with Crippen LogP contribution < -0.4 is 10.2 Å². The van der Waals surface area contributed by atoms with Gasteiger partial charge in [-0.1, -0.05) is 15.9 Å². The van der Waals surface area contributed by atoms with E-state index in [9.17, 15) is 4.79 Å². The maximum absolute atomic E-state index is 12.1. The van der Waals surface area contributed by atoms with Crippen molar-refractivity contribution < 1.29 is 4.79 Å². The molecule has 1 atom stereocenters. The third-order valence-corrected chi connectivity index (χ3v) is 4.04. The number of halogens is 1. The van der Waals surface area contributed by atoms with Crippen molar-refractivity contribution >= 4 is 27.5 Å². The van der Waals surface area contributed by atoms with Gasteiger partial charge in [0.05, 0.1) is 6.20 Å². The molecule has 1 aromatic carbocycles. The second kappa shape index (κ2) is 6.22. The van der Waals surface area contributed by atoms with E-state index in [2.05, 4.69) is 48.2 Å². The Morgan fingerprint density at radius 2 is 2.10 bits per heavy atom. The van der Waals surface area contributed by atoms with Crippen LogP contribution >= 0.6 is 15.9 Å². The van der Waals surface area contributed by atoms with Crippen LogP contribution in [0.4, 0.5) is 5.69 Å². The van der Waals surface area contributed by atoms with Crippen LogP contribution in [0.5, 0.6) is 0 Å². The summed E-state index contributed by atoms with van der Waals surface area (Å²) < 4.78 is 1.07. The van der Waals surface area contributed by atoms with Crippen molar-refractivity contribution in [2.45, 2.75) is 12.5 Å². The highest BCUT2D eigenvalue weighted by molar-refractivity contribution is 9.10. The molecule has 0 saturated carbocycles. The molecule has 2 heterocycles. The lowest BCUT2D eigenvalue weighted by atomic mass is 10.2. The number of hydrogen-bond donors (Lipinski definition) is 1. The fourth-order valence-corrected chi connectivity index (χ4v) is 2.70. The lowest BCUT2D eigenvalue weighted by Gasteiger charge is -2.19. The molecule has 21 heavy (non-hydrogen) atoms. The molecule has 2 aromatic rings. The van der Waals surface area contributed by atoms with Gasteiger partial charge in [0, 0.05) is 41.7 Å². The number of aromatic nitrogens is 2. The maximum Gasteiger partial charge on any atom is 0.271 e. The molecule has 1 amide bonds. The van der Waals surface area contributed by atoms with Gasteiger partial charge in [0.25, 0.3) is 5.91 Å². The highest BCUT2D eigenvalue weighted by Crippen LogP contribution is 2.22. The van der Waals surface area contributed by atoms with E-state index in [0.29, 0.717) is 5.69 Å². The topological polar surface area (TPSA) is 58.1 Å². The van der Waals surface area contributed by atoms with Gasteiger partial charge in [-0.3, -0.25) is 9.78 Å². The minimum absolute atomic E-state index is 0.142. The first kappa shape index (κ1) is 14.0. The van der Waals surface area contributed by atoms with Crippen molar-refractivity contribution in [2.24, 2.45) is 0 Å². The van der Waals surface area contributed by atoms with E-state index in [1.165, 1.54) is 18.1 Å². The Bertz CT molecular complexity index is 617. The zero-order valence-electron chi connectivity index (χ0n) is 11.4. The van der Waals surface area contributed by atoms with Gasteiger partial charge in [-0.15, -0.1) is 0 Å². The average molecular weight is 347 g/mol. The second-order valence-corrected chi connectivity index (χ2v) is 5.89. The second-order valence-electron chi connectivity index (χ2n) is 4.97. The summed E-state index contributed by atoms with van der Waals surface area (Å²) in [6, 6.07) is 8.36. The molecule has 0 aliphatic carbocycles. The Morgan fingerprint density at radius 3 is 2.81 bits per heavy atom. The summed E-state index contributed by atoms with van der Waals surface area (Å²) in [6.45, 7) is 1.75. The lowest BCUT2D eigenvalue weighted by molar-refractivity contribution is 0.0935. The quantitative estimate of drug-likeness (QED) is 0.925. The first-order valence-electron chi connectivity index (χ1n) is 6.80. The van der Waals surface area contributed by atoms with Crippen molar-refractivity contribution in [3.63, 3.8) is 0 Å². The molecule has 5 nitrogen and oxygen atoms in total. The number of hydrogen-bond acceptors (Lipinski definition) is 4. The van der Waals surface area contributed by atoms with Crippen molar-refractivity contribution in [2.75, 3.05) is 18.0 Å². The third kappa shape index (κ3) is 3.39. The molecule has 1 aliphatic heterocycles. The van der Waals surface area contributed by atoms with E-state index in [0.717, 1.165) is 24.0 Å². The Balaban J connectivity index is 1.60. The number of amides is 1. The minimum atomic E-state index is -0.161. The number of carbonyl (C=O) groups is 1. The Labute approximate surface area is 131 Å². The molecule has 0 unspecified atom stereocenters. The normalized spacial score (nSPS) is 17.8. The number of rotatable bonds is 3. The number of carbonyl (C=O) groups excluding carboxylic acids is 1. The molecule has 6 heteroatoms. The van der Waals surface area contributed by atoms with Crippen LogP contribution in [0.15, 0.2) is 47.3 Å². The molecule has 1 fully saturated rings. The highest BCUT2D eigenvalue weighted by Gasteiger charge is 2.24. The van der Waals surface area contributed by atoms with Crippen molar-refractivity contribution in [3.05, 3.63) is 53.0 Å². The van der Waals surface area contributed by atoms with Crippen molar-refractivity contribution in [1.29, 1.82) is 0 Å². The van der Waals surface area contributed by atoms with Gasteiger partial charge in [-0.25, -0.2) is 4.98 Å². The fourth-order valence-electron chi connectivity index (χ4n) is 2.44. The first-order chi connectivity index (χ1) is 10.2. The summed E-state index contributed by atoms with van der Waals surface area (Å²) in [6.07, 6.45) is 5.50. The van der Waals surface area contributed by atoms with Gasteiger partial charge in [-0.05, 0) is 30.7 Å². The highest BCUT2D eigenvalue weighted by atomic mass is 79.9. The summed E-state index contributed by atoms with van der Waals surface area (Å²) >= 11 is 3.44. The van der Waals surface area contributed by atoms with Gasteiger partial charge in [-0.2, -0.15) is 0 Å². The SMILES string of the molecule is O=C(N[C@H]1CCN(c2ccc(Br)cc2)C1)c1cnccn1. The summed E-state index contributed by atoms with van der Waals surface area (Å²) in [5, 5.41) is 3.01. The van der Waals surface area contributed by atoms with Crippen LogP contribution in [0.25, 0.3) is 0 Å². The smallest absolute Gasteiger partial charge is 0.271 e. The van der Waals surface area contributed by atoms with E-state index in [1.807, 2.05) is 12.1 Å². The molecule has 1 N–H and O–H groups in total. The molecule has 0 bridgehead atoms. The molecular weight excluding hydrogens is 332 g/mol. The number of nitrogens with zero attached hydrogens (tertiary/aromatic N) is 3. The molecule has 0 spiro atoms. The van der Waals surface area contributed by atoms with Crippen LogP contribution in [0, 0.1) is 0 Å². The first-order valence-corrected chi connectivity index (χ1v) is 7.59. The maximum atomic E-state index is 12.1. The Morgan fingerprint density at radius 1 is 1.29 bits per heavy atom. The number of benzene rings is 1.